The Bertz CT molecular complexity index is 123. The van der Waals surface area contributed by atoms with Crippen molar-refractivity contribution >= 4 is 0 Å². The maximum absolute atomic E-state index is 2.38. The highest BCUT2D eigenvalue weighted by Gasteiger charge is 2.35. The highest BCUT2D eigenvalue weighted by molar-refractivity contribution is 5.07. The van der Waals surface area contributed by atoms with Gasteiger partial charge in [-0.25, -0.2) is 0 Å². The van der Waals surface area contributed by atoms with E-state index in [1.54, 1.807) is 5.92 Å². The van der Waals surface area contributed by atoms with Crippen molar-refractivity contribution in [1.29, 1.82) is 0 Å². The van der Waals surface area contributed by atoms with Crippen LogP contribution < -0.4 is 0 Å². The molecule has 0 amide bonds. The Hall–Kier alpha value is 0. The summed E-state index contributed by atoms with van der Waals surface area (Å²) < 4.78 is 0. The molecule has 0 aliphatic rings. The molecule has 0 nitrogen and oxygen atoms in total. The van der Waals surface area contributed by atoms with Crippen molar-refractivity contribution in [1.82, 2.24) is 0 Å². The van der Waals surface area contributed by atoms with Crippen LogP contribution in [-0.4, -0.2) is 0 Å². The van der Waals surface area contributed by atoms with Crippen molar-refractivity contribution in [2.24, 2.45) is 10.8 Å². The molecule has 0 aromatic rings. The molecule has 0 atom stereocenters. The van der Waals surface area contributed by atoms with Gasteiger partial charge >= 0.3 is 0 Å². The van der Waals surface area contributed by atoms with E-state index >= 15 is 0 Å². The van der Waals surface area contributed by atoms with Crippen LogP contribution in [0.4, 0.5) is 0 Å². The second-order valence-electron chi connectivity index (χ2n) is 5.14. The van der Waals surface area contributed by atoms with Crippen LogP contribution in [-0.2, 0) is 0 Å². The minimum atomic E-state index is 0.362. The molecular weight excluding hydrogens is 144 g/mol. The molecule has 12 heavy (non-hydrogen) atoms. The Balaban J connectivity index is 4.53. The van der Waals surface area contributed by atoms with Crippen molar-refractivity contribution in [3.05, 3.63) is 5.92 Å². The van der Waals surface area contributed by atoms with Gasteiger partial charge in [0.2, 0.25) is 0 Å². The van der Waals surface area contributed by atoms with Crippen LogP contribution in [0, 0.1) is 16.7 Å². The molecular formula is C12H25. The Kier molecular flexibility index (Phi) is 3.81. The van der Waals surface area contributed by atoms with Gasteiger partial charge in [-0.3, -0.25) is 0 Å². The van der Waals surface area contributed by atoms with E-state index in [1.807, 2.05) is 0 Å². The number of rotatable bonds is 3. The summed E-state index contributed by atoms with van der Waals surface area (Å²) in [6.07, 6.45) is 2.51. The lowest BCUT2D eigenvalue weighted by molar-refractivity contribution is 0.225. The standard InChI is InChI=1S/C12H25/c1-8-12(7,9-2)10(3)11(4,5)6/h8-9H2,1-7H3. The maximum Gasteiger partial charge on any atom is -0.0160 e. The number of hydrogen-bond donors (Lipinski definition) is 0. The van der Waals surface area contributed by atoms with Gasteiger partial charge in [-0.15, -0.1) is 0 Å². The molecule has 0 saturated carbocycles. The SMILES string of the molecule is CCC(C)(CC)[C](C)C(C)(C)C. The molecule has 0 aromatic heterocycles. The molecule has 0 spiro atoms. The van der Waals surface area contributed by atoms with E-state index in [-0.39, 0.29) is 0 Å². The van der Waals surface area contributed by atoms with E-state index in [0.29, 0.717) is 10.8 Å². The van der Waals surface area contributed by atoms with E-state index in [9.17, 15) is 0 Å². The summed E-state index contributed by atoms with van der Waals surface area (Å²) in [5.41, 5.74) is 0.805. The summed E-state index contributed by atoms with van der Waals surface area (Å²) in [7, 11) is 0. The monoisotopic (exact) mass is 169 g/mol. The lowest BCUT2D eigenvalue weighted by Crippen LogP contribution is -2.31. The van der Waals surface area contributed by atoms with Gasteiger partial charge in [-0.05, 0) is 16.7 Å². The summed E-state index contributed by atoms with van der Waals surface area (Å²) in [5, 5.41) is 0. The first-order chi connectivity index (χ1) is 5.28. The second kappa shape index (κ2) is 3.81. The van der Waals surface area contributed by atoms with E-state index in [2.05, 4.69) is 48.5 Å². The van der Waals surface area contributed by atoms with Crippen LogP contribution in [0.1, 0.15) is 61.3 Å². The Labute approximate surface area is 78.8 Å². The largest absolute Gasteiger partial charge is 0.0648 e. The molecule has 0 aliphatic heterocycles. The molecule has 0 heteroatoms. The van der Waals surface area contributed by atoms with Gasteiger partial charge in [0.25, 0.3) is 0 Å². The van der Waals surface area contributed by atoms with Crippen LogP contribution in [0.15, 0.2) is 0 Å². The zero-order chi connectivity index (χ0) is 9.99. The minimum absolute atomic E-state index is 0.362. The van der Waals surface area contributed by atoms with E-state index < -0.39 is 0 Å². The van der Waals surface area contributed by atoms with Gasteiger partial charge < -0.3 is 0 Å². The third-order valence-corrected chi connectivity index (χ3v) is 3.59. The zero-order valence-electron chi connectivity index (χ0n) is 9.91. The van der Waals surface area contributed by atoms with Gasteiger partial charge in [-0.2, -0.15) is 0 Å². The fraction of sp³-hybridized carbons (Fsp3) is 0.917. The first-order valence-corrected chi connectivity index (χ1v) is 5.12. The first-order valence-electron chi connectivity index (χ1n) is 5.12. The summed E-state index contributed by atoms with van der Waals surface area (Å²) in [6, 6.07) is 0. The van der Waals surface area contributed by atoms with Crippen molar-refractivity contribution in [3.8, 4) is 0 Å². The highest BCUT2D eigenvalue weighted by Crippen LogP contribution is 2.45. The van der Waals surface area contributed by atoms with Gasteiger partial charge in [0.1, 0.15) is 0 Å². The van der Waals surface area contributed by atoms with E-state index in [4.69, 9.17) is 0 Å². The molecule has 0 N–H and O–H groups in total. The molecule has 0 fully saturated rings. The molecule has 1 radical (unpaired) electrons. The lowest BCUT2D eigenvalue weighted by Gasteiger charge is -2.41. The fourth-order valence-electron chi connectivity index (χ4n) is 1.69. The van der Waals surface area contributed by atoms with Gasteiger partial charge in [0.05, 0.1) is 0 Å². The smallest absolute Gasteiger partial charge is 0.0160 e. The maximum atomic E-state index is 2.38. The van der Waals surface area contributed by atoms with Crippen LogP contribution in [0.5, 0.6) is 0 Å². The molecule has 0 aromatic carbocycles. The minimum Gasteiger partial charge on any atom is -0.0648 e. The quantitative estimate of drug-likeness (QED) is 0.585. The third-order valence-electron chi connectivity index (χ3n) is 3.59. The summed E-state index contributed by atoms with van der Waals surface area (Å²) in [5.74, 6) is 1.64. The van der Waals surface area contributed by atoms with Crippen LogP contribution >= 0.6 is 0 Å². The predicted octanol–water partition coefficient (Wildman–Crippen LogP) is 4.45. The van der Waals surface area contributed by atoms with Gasteiger partial charge in [0, 0.05) is 0 Å². The normalized spacial score (nSPS) is 14.0. The number of hydrogen-bond acceptors (Lipinski definition) is 0. The first kappa shape index (κ1) is 12.0. The van der Waals surface area contributed by atoms with Crippen LogP contribution in [0.25, 0.3) is 0 Å². The topological polar surface area (TPSA) is 0 Å². The molecule has 0 rings (SSSR count). The van der Waals surface area contributed by atoms with Gasteiger partial charge in [0.15, 0.2) is 0 Å². The average molecular weight is 169 g/mol. The van der Waals surface area contributed by atoms with E-state index in [1.165, 1.54) is 12.8 Å². The van der Waals surface area contributed by atoms with E-state index in [0.717, 1.165) is 0 Å². The second-order valence-corrected chi connectivity index (χ2v) is 5.14. The summed E-state index contributed by atoms with van der Waals surface area (Å²) in [6.45, 7) is 16.2. The predicted molar refractivity (Wildman–Crippen MR) is 57.1 cm³/mol. The average Bonchev–Trinajstić information content (AvgIpc) is 2.00. The van der Waals surface area contributed by atoms with Crippen molar-refractivity contribution in [2.75, 3.05) is 0 Å². The molecule has 0 saturated heterocycles. The molecule has 73 valence electrons. The molecule has 0 bridgehead atoms. The van der Waals surface area contributed by atoms with Crippen molar-refractivity contribution < 1.29 is 0 Å². The zero-order valence-corrected chi connectivity index (χ0v) is 9.91. The van der Waals surface area contributed by atoms with Crippen LogP contribution in [0.3, 0.4) is 0 Å². The summed E-state index contributed by atoms with van der Waals surface area (Å²) >= 11 is 0. The van der Waals surface area contributed by atoms with Crippen LogP contribution in [0.2, 0.25) is 0 Å². The summed E-state index contributed by atoms with van der Waals surface area (Å²) in [4.78, 5) is 0. The fourth-order valence-corrected chi connectivity index (χ4v) is 1.69. The van der Waals surface area contributed by atoms with Crippen molar-refractivity contribution in [2.45, 2.75) is 61.3 Å². The Morgan fingerprint density at radius 2 is 1.25 bits per heavy atom. The van der Waals surface area contributed by atoms with Gasteiger partial charge in [-0.1, -0.05) is 61.3 Å². The third kappa shape index (κ3) is 2.50. The highest BCUT2D eigenvalue weighted by atomic mass is 14.4. The Morgan fingerprint density at radius 3 is 1.33 bits per heavy atom. The molecule has 0 heterocycles. The Morgan fingerprint density at radius 1 is 0.917 bits per heavy atom. The molecule has 0 unspecified atom stereocenters. The van der Waals surface area contributed by atoms with Crippen molar-refractivity contribution in [3.63, 3.8) is 0 Å². The lowest BCUT2D eigenvalue weighted by atomic mass is 9.63. The molecule has 0 aliphatic carbocycles.